The van der Waals surface area contributed by atoms with Crippen molar-refractivity contribution in [2.24, 2.45) is 0 Å². The van der Waals surface area contributed by atoms with Crippen molar-refractivity contribution in [3.63, 3.8) is 0 Å². The van der Waals surface area contributed by atoms with Gasteiger partial charge in [-0.2, -0.15) is 13.2 Å². The molecule has 3 aromatic carbocycles. The number of fused-ring (bicyclic) bond motifs is 2. The van der Waals surface area contributed by atoms with Crippen molar-refractivity contribution in [1.29, 1.82) is 0 Å². The molecule has 4 atom stereocenters. The van der Waals surface area contributed by atoms with Gasteiger partial charge in [0.25, 0.3) is 5.91 Å². The van der Waals surface area contributed by atoms with Crippen LogP contribution in [0.25, 0.3) is 6.08 Å². The second kappa shape index (κ2) is 18.8. The van der Waals surface area contributed by atoms with E-state index < -0.39 is 78.2 Å². The summed E-state index contributed by atoms with van der Waals surface area (Å²) in [5.74, 6) is -4.32. The highest BCUT2D eigenvalue weighted by Gasteiger charge is 2.55. The topological polar surface area (TPSA) is 176 Å². The number of hydrogen-bond acceptors (Lipinski definition) is 11. The lowest BCUT2D eigenvalue weighted by molar-refractivity contribution is -0.182. The van der Waals surface area contributed by atoms with Gasteiger partial charge in [-0.25, -0.2) is 9.59 Å². The molecule has 16 heteroatoms. The summed E-state index contributed by atoms with van der Waals surface area (Å²) in [6, 6.07) is 19.5. The van der Waals surface area contributed by atoms with Crippen LogP contribution in [0.2, 0.25) is 0 Å². The van der Waals surface area contributed by atoms with Crippen molar-refractivity contribution in [3.8, 4) is 0 Å². The molecule has 0 unspecified atom stereocenters. The summed E-state index contributed by atoms with van der Waals surface area (Å²) in [7, 11) is 0. The fourth-order valence-electron chi connectivity index (χ4n) is 7.24. The zero-order valence-corrected chi connectivity index (χ0v) is 33.8. The SMILES string of the molecule is CC(C)(C)OC(=O)CC[C@@H](CO)NC(=O)c1cccc(CNC(=O)C2=C[C@H]3OC4(Cc5ccccc5C4)O[C@H]3[C@H](OC(=O)c3ccc(C=CC(=O)OCC(F)(F)F)cc3)C2)c1. The first kappa shape index (κ1) is 44.7. The van der Waals surface area contributed by atoms with E-state index in [1.807, 2.05) is 24.3 Å². The number of carbonyl (C=O) groups excluding carboxylic acids is 5. The van der Waals surface area contributed by atoms with Gasteiger partial charge in [0.1, 0.15) is 23.9 Å². The van der Waals surface area contributed by atoms with Crippen molar-refractivity contribution in [2.75, 3.05) is 13.2 Å². The van der Waals surface area contributed by atoms with Crippen LogP contribution < -0.4 is 10.6 Å². The molecular formula is C45H47F3N2O11. The smallest absolute Gasteiger partial charge is 0.422 e. The molecule has 0 radical (unpaired) electrons. The van der Waals surface area contributed by atoms with Gasteiger partial charge in [0.2, 0.25) is 5.91 Å². The molecular weight excluding hydrogens is 801 g/mol. The Morgan fingerprint density at radius 2 is 1.62 bits per heavy atom. The van der Waals surface area contributed by atoms with Gasteiger partial charge in [-0.05, 0) is 85.9 Å². The molecule has 0 aromatic heterocycles. The van der Waals surface area contributed by atoms with Crippen LogP contribution in [0.4, 0.5) is 13.2 Å². The zero-order valence-electron chi connectivity index (χ0n) is 33.8. The molecule has 2 aliphatic carbocycles. The molecule has 3 aromatic rings. The maximum Gasteiger partial charge on any atom is 0.422 e. The summed E-state index contributed by atoms with van der Waals surface area (Å²) in [6.07, 6.45) is -2.25. The standard InChI is InChI=1S/C45H47F3N2O11/c1-43(2,3)60-38(53)18-16-34(25-51)50-41(55)30-10-6-7-28(19-30)24-49-40(54)33-20-35(39-36(21-33)59-44(61-39)22-31-8-4-5-9-32(31)23-44)58-42(56)29-14-11-27(12-15-29)13-17-37(52)57-26-45(46,47)48/h4-15,17,19,21,34-36,39,51H,16,18,20,22-26H2,1-3H3,(H,49,54)(H,50,55)/t34-,35+,36+,39-/m0/s1. The van der Waals surface area contributed by atoms with Crippen molar-refractivity contribution >= 4 is 35.8 Å². The third-order valence-electron chi connectivity index (χ3n) is 10.0. The number of esters is 3. The minimum absolute atomic E-state index is 0.00500. The Morgan fingerprint density at radius 1 is 0.918 bits per heavy atom. The average Bonchev–Trinajstić information content (AvgIpc) is 3.77. The minimum atomic E-state index is -4.66. The van der Waals surface area contributed by atoms with Crippen LogP contribution in [0.1, 0.15) is 83.0 Å². The van der Waals surface area contributed by atoms with Crippen molar-refractivity contribution < 1.29 is 65.9 Å². The third kappa shape index (κ3) is 12.4. The number of benzene rings is 3. The van der Waals surface area contributed by atoms with Crippen LogP contribution in [-0.4, -0.2) is 90.0 Å². The number of aliphatic hydroxyl groups excluding tert-OH is 1. The number of halogens is 3. The van der Waals surface area contributed by atoms with E-state index in [-0.39, 0.29) is 49.1 Å². The van der Waals surface area contributed by atoms with Gasteiger partial charge in [0.15, 0.2) is 12.4 Å². The van der Waals surface area contributed by atoms with Gasteiger partial charge >= 0.3 is 24.1 Å². The van der Waals surface area contributed by atoms with Crippen LogP contribution in [-0.2, 0) is 57.5 Å². The van der Waals surface area contributed by atoms with E-state index in [0.717, 1.165) is 17.2 Å². The summed E-state index contributed by atoms with van der Waals surface area (Å²) < 4.78 is 65.6. The number of carbonyl (C=O) groups is 5. The van der Waals surface area contributed by atoms with Gasteiger partial charge in [0, 0.05) is 49.4 Å². The highest BCUT2D eigenvalue weighted by atomic mass is 19.4. The van der Waals surface area contributed by atoms with Crippen molar-refractivity contribution in [1.82, 2.24) is 10.6 Å². The fourth-order valence-corrected chi connectivity index (χ4v) is 7.24. The summed E-state index contributed by atoms with van der Waals surface area (Å²) in [6.45, 7) is 3.19. The number of nitrogens with one attached hydrogen (secondary N) is 2. The Balaban J connectivity index is 1.10. The summed E-state index contributed by atoms with van der Waals surface area (Å²) in [4.78, 5) is 64.2. The van der Waals surface area contributed by atoms with E-state index in [4.69, 9.17) is 18.9 Å². The molecule has 6 rings (SSSR count). The van der Waals surface area contributed by atoms with E-state index in [0.29, 0.717) is 24.0 Å². The predicted octanol–water partition coefficient (Wildman–Crippen LogP) is 5.47. The molecule has 1 saturated heterocycles. The van der Waals surface area contributed by atoms with Gasteiger partial charge in [0.05, 0.1) is 18.2 Å². The molecule has 324 valence electrons. The van der Waals surface area contributed by atoms with Crippen LogP contribution in [0, 0.1) is 0 Å². The van der Waals surface area contributed by atoms with Gasteiger partial charge in [-0.15, -0.1) is 0 Å². The molecule has 3 aliphatic rings. The Hall–Kier alpha value is -5.84. The molecule has 61 heavy (non-hydrogen) atoms. The van der Waals surface area contributed by atoms with Crippen molar-refractivity contribution in [3.05, 3.63) is 124 Å². The molecule has 1 heterocycles. The Labute approximate surface area is 350 Å². The highest BCUT2D eigenvalue weighted by Crippen LogP contribution is 2.45. The molecule has 0 bridgehead atoms. The Morgan fingerprint density at radius 3 is 2.28 bits per heavy atom. The lowest BCUT2D eigenvalue weighted by Gasteiger charge is -2.30. The molecule has 13 nitrogen and oxygen atoms in total. The van der Waals surface area contributed by atoms with Crippen LogP contribution in [0.3, 0.4) is 0 Å². The van der Waals surface area contributed by atoms with Crippen LogP contribution >= 0.6 is 0 Å². The Kier molecular flexibility index (Phi) is 13.8. The molecule has 3 N–H and O–H groups in total. The first-order chi connectivity index (χ1) is 28.9. The normalized spacial score (nSPS) is 19.7. The number of aliphatic hydroxyl groups is 1. The van der Waals surface area contributed by atoms with E-state index in [9.17, 15) is 42.3 Å². The number of hydrogen-bond donors (Lipinski definition) is 3. The third-order valence-corrected chi connectivity index (χ3v) is 10.0. The number of ether oxygens (including phenoxy) is 5. The number of alkyl halides is 3. The quantitative estimate of drug-likeness (QED) is 0.107. The monoisotopic (exact) mass is 848 g/mol. The maximum atomic E-state index is 13.8. The van der Waals surface area contributed by atoms with E-state index >= 15 is 0 Å². The molecule has 1 fully saturated rings. The lowest BCUT2D eigenvalue weighted by Crippen LogP contribution is -2.43. The molecule has 1 aliphatic heterocycles. The van der Waals surface area contributed by atoms with Crippen LogP contribution in [0.15, 0.2) is 90.5 Å². The maximum absolute atomic E-state index is 13.8. The molecule has 1 spiro atoms. The van der Waals surface area contributed by atoms with Gasteiger partial charge < -0.3 is 39.4 Å². The van der Waals surface area contributed by atoms with Gasteiger partial charge in [-0.1, -0.05) is 48.5 Å². The second-order valence-corrected chi connectivity index (χ2v) is 16.1. The largest absolute Gasteiger partial charge is 0.460 e. The first-order valence-corrected chi connectivity index (χ1v) is 19.7. The van der Waals surface area contributed by atoms with Crippen LogP contribution in [0.5, 0.6) is 0 Å². The molecule has 2 amide bonds. The van der Waals surface area contributed by atoms with E-state index in [1.165, 1.54) is 30.3 Å². The fraction of sp³-hybridized carbons (Fsp3) is 0.400. The summed E-state index contributed by atoms with van der Waals surface area (Å²) >= 11 is 0. The summed E-state index contributed by atoms with van der Waals surface area (Å²) in [5, 5.41) is 15.5. The van der Waals surface area contributed by atoms with Crippen molar-refractivity contribution in [2.45, 2.75) is 101 Å². The first-order valence-electron chi connectivity index (χ1n) is 19.7. The predicted molar refractivity (Wildman–Crippen MR) is 212 cm³/mol. The molecule has 0 saturated carbocycles. The lowest BCUT2D eigenvalue weighted by atomic mass is 9.91. The highest BCUT2D eigenvalue weighted by molar-refractivity contribution is 5.95. The van der Waals surface area contributed by atoms with E-state index in [2.05, 4.69) is 15.4 Å². The summed E-state index contributed by atoms with van der Waals surface area (Å²) in [5.41, 5.74) is 3.17. The van der Waals surface area contributed by atoms with E-state index in [1.54, 1.807) is 51.1 Å². The average molecular weight is 849 g/mol. The Bertz CT molecular complexity index is 2150. The number of rotatable bonds is 14. The van der Waals surface area contributed by atoms with Gasteiger partial charge in [-0.3, -0.25) is 14.4 Å². The zero-order chi connectivity index (χ0) is 44.0. The second-order valence-electron chi connectivity index (χ2n) is 16.1. The minimum Gasteiger partial charge on any atom is -0.460 e. The number of amides is 2.